The second-order valence-electron chi connectivity index (χ2n) is 15.2. The largest absolute Gasteiger partial charge is 0.492 e. The van der Waals surface area contributed by atoms with Gasteiger partial charge in [-0.25, -0.2) is 23.9 Å². The van der Waals surface area contributed by atoms with Crippen molar-refractivity contribution < 1.29 is 18.7 Å². The molecule has 3 aromatic heterocycles. The second-order valence-corrected chi connectivity index (χ2v) is 15.2. The molecule has 0 aliphatic rings. The summed E-state index contributed by atoms with van der Waals surface area (Å²) >= 11 is 0. The van der Waals surface area contributed by atoms with Crippen LogP contribution >= 0.6 is 0 Å². The van der Waals surface area contributed by atoms with Gasteiger partial charge in [0.15, 0.2) is 11.4 Å². The molecule has 0 spiro atoms. The van der Waals surface area contributed by atoms with Crippen LogP contribution in [-0.2, 0) is 9.53 Å². The third-order valence-corrected chi connectivity index (χ3v) is 9.61. The normalized spacial score (nSPS) is 14.0. The number of benzene rings is 1. The summed E-state index contributed by atoms with van der Waals surface area (Å²) in [6, 6.07) is 6.60. The third kappa shape index (κ3) is 16.2. The predicted octanol–water partition coefficient (Wildman–Crippen LogP) is 10.4. The van der Waals surface area contributed by atoms with E-state index in [9.17, 15) is 4.79 Å². The van der Waals surface area contributed by atoms with Crippen molar-refractivity contribution in [1.29, 1.82) is 0 Å². The number of nitrogens with one attached hydrogen (secondary N) is 1. The number of ether oxygens (including phenoxy) is 2. The molecule has 0 aliphatic carbocycles. The lowest BCUT2D eigenvalue weighted by Crippen LogP contribution is -2.35. The molecule has 0 aliphatic heterocycles. The standard InChI is InChI=1S/C33H41FN6O2.C10H19NO.C4H10/c1-8-11-23(6)32(41-18-22(5)14-21(4)9-2)31-27(10-3)35-19-37-33(31)39-28-15-24(7)29(17-26(28)34)42-25-12-13-40-30(16-25)36-20-38-40;1-5-9(2)10(12)7-6-8-11(3)4;1-3-4-2/h10-13,15-17,19-22H,8-9,14,18H2,1-7H3,(H,35,37,39);6-7,9H,5,8H2,1-4H3;3-4H2,1-2H3/b23-11+,27-10+,32-31-;7-6+;. The molecule has 4 aromatic rings. The van der Waals surface area contributed by atoms with E-state index in [1.165, 1.54) is 31.6 Å². The van der Waals surface area contributed by atoms with Gasteiger partial charge in [-0.2, -0.15) is 5.10 Å². The first kappa shape index (κ1) is 49.2. The van der Waals surface area contributed by atoms with Crippen molar-refractivity contribution in [3.8, 4) is 11.5 Å². The number of fused-ring (bicyclic) bond motifs is 1. The molecule has 1 N–H and O–H groups in total. The Morgan fingerprint density at radius 2 is 1.71 bits per heavy atom. The van der Waals surface area contributed by atoms with E-state index < -0.39 is 5.82 Å². The molecule has 1 aromatic carbocycles. The molecular formula is C47H70FN7O3. The highest BCUT2D eigenvalue weighted by molar-refractivity contribution is 5.91. The lowest BCUT2D eigenvalue weighted by atomic mass is 9.96. The van der Waals surface area contributed by atoms with Crippen LogP contribution in [0.2, 0.25) is 0 Å². The first-order valence-electron chi connectivity index (χ1n) is 20.9. The second kappa shape index (κ2) is 26.2. The predicted molar refractivity (Wildman–Crippen MR) is 238 cm³/mol. The van der Waals surface area contributed by atoms with Gasteiger partial charge in [0.2, 0.25) is 0 Å². The molecule has 10 nitrogen and oxygen atoms in total. The Labute approximate surface area is 347 Å². The highest BCUT2D eigenvalue weighted by Gasteiger charge is 2.16. The van der Waals surface area contributed by atoms with Crippen LogP contribution in [0.1, 0.15) is 113 Å². The van der Waals surface area contributed by atoms with E-state index in [0.717, 1.165) is 43.4 Å². The zero-order valence-electron chi connectivity index (χ0n) is 37.5. The van der Waals surface area contributed by atoms with Crippen molar-refractivity contribution in [2.75, 3.05) is 32.6 Å². The fourth-order valence-corrected chi connectivity index (χ4v) is 5.59. The van der Waals surface area contributed by atoms with Crippen LogP contribution < -0.4 is 20.6 Å². The number of hydrogen-bond donors (Lipinski definition) is 1. The number of aromatic nitrogens is 5. The Hall–Kier alpha value is -4.90. The summed E-state index contributed by atoms with van der Waals surface area (Å²) in [5.74, 6) is 3.04. The Morgan fingerprint density at radius 1 is 0.983 bits per heavy atom. The van der Waals surface area contributed by atoms with Crippen LogP contribution in [0.4, 0.5) is 15.9 Å². The molecule has 0 amide bonds. The molecule has 0 saturated carbocycles. The summed E-state index contributed by atoms with van der Waals surface area (Å²) in [4.78, 5) is 26.5. The summed E-state index contributed by atoms with van der Waals surface area (Å²) in [6.07, 6.45) is 19.0. The maximum atomic E-state index is 15.6. The summed E-state index contributed by atoms with van der Waals surface area (Å²) in [6.45, 7) is 24.3. The molecule has 0 bridgehead atoms. The average molecular weight is 800 g/mol. The van der Waals surface area contributed by atoms with E-state index in [4.69, 9.17) is 9.47 Å². The first-order valence-corrected chi connectivity index (χ1v) is 20.9. The number of unbranched alkanes of at least 4 members (excludes halogenated alkanes) is 1. The van der Waals surface area contributed by atoms with E-state index in [1.54, 1.807) is 35.0 Å². The van der Waals surface area contributed by atoms with Crippen LogP contribution in [0.3, 0.4) is 0 Å². The van der Waals surface area contributed by atoms with Crippen LogP contribution in [0.5, 0.6) is 11.5 Å². The number of ketones is 1. The van der Waals surface area contributed by atoms with Crippen molar-refractivity contribution in [3.05, 3.63) is 88.9 Å². The molecule has 58 heavy (non-hydrogen) atoms. The van der Waals surface area contributed by atoms with Gasteiger partial charge in [0.25, 0.3) is 0 Å². The number of likely N-dealkylation sites (N-methyl/N-ethyl adjacent to an activating group) is 1. The number of halogens is 1. The number of aryl methyl sites for hydroxylation is 1. The maximum Gasteiger partial charge on any atom is 0.158 e. The number of hydrogen-bond acceptors (Lipinski definition) is 9. The molecule has 4 rings (SSSR count). The van der Waals surface area contributed by atoms with Crippen molar-refractivity contribution in [2.24, 2.45) is 17.8 Å². The van der Waals surface area contributed by atoms with Gasteiger partial charge in [0.05, 0.1) is 22.9 Å². The minimum atomic E-state index is -0.476. The Kier molecular flexibility index (Phi) is 22.2. The van der Waals surface area contributed by atoms with Crippen molar-refractivity contribution in [2.45, 2.75) is 115 Å². The minimum absolute atomic E-state index is 0.170. The van der Waals surface area contributed by atoms with E-state index in [2.05, 4.69) is 73.0 Å². The van der Waals surface area contributed by atoms with Gasteiger partial charge in [0.1, 0.15) is 41.5 Å². The molecule has 3 atom stereocenters. The number of carbonyl (C=O) groups is 1. The van der Waals surface area contributed by atoms with Gasteiger partial charge in [0, 0.05) is 30.8 Å². The van der Waals surface area contributed by atoms with Crippen molar-refractivity contribution in [3.63, 3.8) is 0 Å². The quantitative estimate of drug-likeness (QED) is 0.0985. The van der Waals surface area contributed by atoms with Crippen molar-refractivity contribution >= 4 is 34.8 Å². The molecule has 11 heteroatoms. The van der Waals surface area contributed by atoms with Crippen molar-refractivity contribution in [1.82, 2.24) is 29.5 Å². The SMILES string of the molecule is C/C=c1/ncnc(Nc2cc(C)c(Oc3ccn4ncnc4c3)cc2F)/c1=C(OCC(C)CC(C)CC)/C(C)=C/CC.CCC(C)C(=O)/C=C/CN(C)C.CCCC. The molecule has 318 valence electrons. The molecule has 0 radical (unpaired) electrons. The van der Waals surface area contributed by atoms with Gasteiger partial charge in [-0.1, -0.05) is 92.9 Å². The van der Waals surface area contributed by atoms with Crippen LogP contribution in [0.25, 0.3) is 17.5 Å². The van der Waals surface area contributed by atoms with Crippen LogP contribution in [-0.4, -0.2) is 62.5 Å². The maximum absolute atomic E-state index is 15.6. The van der Waals surface area contributed by atoms with Gasteiger partial charge >= 0.3 is 0 Å². The molecule has 0 saturated heterocycles. The number of anilines is 2. The van der Waals surface area contributed by atoms with Crippen LogP contribution in [0, 0.1) is 30.5 Å². The van der Waals surface area contributed by atoms with Gasteiger partial charge in [-0.15, -0.1) is 0 Å². The fourth-order valence-electron chi connectivity index (χ4n) is 5.59. The molecule has 3 heterocycles. The molecule has 0 fully saturated rings. The number of carbonyl (C=O) groups excluding carboxylic acids is 1. The summed E-state index contributed by atoms with van der Waals surface area (Å²) in [5.41, 5.74) is 2.65. The Morgan fingerprint density at radius 3 is 2.33 bits per heavy atom. The minimum Gasteiger partial charge on any atom is -0.492 e. The number of allylic oxidation sites excluding steroid dienone is 2. The highest BCUT2D eigenvalue weighted by Crippen LogP contribution is 2.31. The van der Waals surface area contributed by atoms with E-state index >= 15 is 4.39 Å². The Balaban J connectivity index is 0.000000611. The lowest BCUT2D eigenvalue weighted by molar-refractivity contribution is -0.117. The van der Waals surface area contributed by atoms with Crippen LogP contribution in [0.15, 0.2) is 66.9 Å². The first-order chi connectivity index (χ1) is 27.7. The Bertz CT molecular complexity index is 2040. The fraction of sp³-hybridized carbons (Fsp3) is 0.511. The van der Waals surface area contributed by atoms with E-state index in [0.29, 0.717) is 57.7 Å². The highest BCUT2D eigenvalue weighted by atomic mass is 19.1. The lowest BCUT2D eigenvalue weighted by Gasteiger charge is -2.19. The average Bonchev–Trinajstić information content (AvgIpc) is 3.68. The van der Waals surface area contributed by atoms with Gasteiger partial charge in [-0.3, -0.25) is 4.79 Å². The zero-order chi connectivity index (χ0) is 43.2. The van der Waals surface area contributed by atoms with E-state index in [-0.39, 0.29) is 17.4 Å². The third-order valence-electron chi connectivity index (χ3n) is 9.61. The number of nitrogens with zero attached hydrogens (tertiary/aromatic N) is 6. The summed E-state index contributed by atoms with van der Waals surface area (Å²) in [7, 11) is 3.97. The monoisotopic (exact) mass is 800 g/mol. The number of pyridine rings is 1. The van der Waals surface area contributed by atoms with E-state index in [1.807, 2.05) is 65.8 Å². The smallest absolute Gasteiger partial charge is 0.158 e. The molecule has 3 unspecified atom stereocenters. The van der Waals surface area contributed by atoms with Gasteiger partial charge < -0.3 is 19.7 Å². The zero-order valence-corrected chi connectivity index (χ0v) is 37.5. The number of rotatable bonds is 18. The van der Waals surface area contributed by atoms with Gasteiger partial charge in [-0.05, 0) is 95.3 Å². The summed E-state index contributed by atoms with van der Waals surface area (Å²) in [5, 5.41) is 8.73. The summed E-state index contributed by atoms with van der Waals surface area (Å²) < 4.78 is 29.7. The molecular weight excluding hydrogens is 730 g/mol. The topological polar surface area (TPSA) is 107 Å².